The topological polar surface area (TPSA) is 92.9 Å². The first kappa shape index (κ1) is 17.4. The third-order valence-electron chi connectivity index (χ3n) is 4.90. The van der Waals surface area contributed by atoms with Crippen LogP contribution >= 0.6 is 0 Å². The number of anilines is 1. The molecule has 134 valence electrons. The molecular formula is C18H23N3O4. The lowest BCUT2D eigenvalue weighted by atomic mass is 9.95. The second-order valence-corrected chi connectivity index (χ2v) is 6.43. The minimum atomic E-state index is -0.451. The number of primary amides is 1. The number of likely N-dealkylation sites (tertiary alicyclic amines) is 1. The van der Waals surface area contributed by atoms with Gasteiger partial charge in [0.15, 0.2) is 0 Å². The summed E-state index contributed by atoms with van der Waals surface area (Å²) in [5.41, 5.74) is 5.91. The van der Waals surface area contributed by atoms with E-state index in [0.29, 0.717) is 44.0 Å². The molecule has 2 fully saturated rings. The lowest BCUT2D eigenvalue weighted by molar-refractivity contribution is -0.124. The second-order valence-electron chi connectivity index (χ2n) is 6.43. The zero-order valence-corrected chi connectivity index (χ0v) is 14.3. The molecule has 1 atom stereocenters. The van der Waals surface area contributed by atoms with E-state index in [4.69, 9.17) is 10.5 Å². The van der Waals surface area contributed by atoms with Gasteiger partial charge in [-0.25, -0.2) is 4.90 Å². The number of imide groups is 1. The molecule has 2 saturated heterocycles. The first-order chi connectivity index (χ1) is 12.0. The number of hydrogen-bond acceptors (Lipinski definition) is 5. The number of carbonyl (C=O) groups is 3. The smallest absolute Gasteiger partial charge is 0.251 e. The molecule has 0 radical (unpaired) electrons. The van der Waals surface area contributed by atoms with Crippen molar-refractivity contribution < 1.29 is 19.1 Å². The Kier molecular flexibility index (Phi) is 5.03. The molecule has 7 heteroatoms. The monoisotopic (exact) mass is 345 g/mol. The van der Waals surface area contributed by atoms with E-state index >= 15 is 0 Å². The molecule has 2 aliphatic rings. The Labute approximate surface area is 146 Å². The van der Waals surface area contributed by atoms with Gasteiger partial charge < -0.3 is 10.5 Å². The summed E-state index contributed by atoms with van der Waals surface area (Å²) in [5, 5.41) is 0. The van der Waals surface area contributed by atoms with Gasteiger partial charge in [-0.3, -0.25) is 19.3 Å². The van der Waals surface area contributed by atoms with Crippen LogP contribution < -0.4 is 15.4 Å². The van der Waals surface area contributed by atoms with E-state index in [9.17, 15) is 14.4 Å². The molecule has 2 heterocycles. The number of benzene rings is 1. The molecule has 2 aliphatic heterocycles. The maximum Gasteiger partial charge on any atom is 0.251 e. The van der Waals surface area contributed by atoms with Crippen molar-refractivity contribution in [2.75, 3.05) is 24.6 Å². The van der Waals surface area contributed by atoms with E-state index < -0.39 is 6.04 Å². The van der Waals surface area contributed by atoms with E-state index in [1.54, 1.807) is 24.3 Å². The number of nitrogens with zero attached hydrogens (tertiary/aromatic N) is 2. The summed E-state index contributed by atoms with van der Waals surface area (Å²) in [4.78, 5) is 39.7. The van der Waals surface area contributed by atoms with E-state index in [1.165, 1.54) is 4.90 Å². The minimum absolute atomic E-state index is 0.134. The lowest BCUT2D eigenvalue weighted by Gasteiger charge is -2.33. The number of piperidine rings is 1. The Balaban J connectivity index is 1.69. The van der Waals surface area contributed by atoms with Gasteiger partial charge in [0, 0.05) is 5.92 Å². The molecule has 0 saturated carbocycles. The highest BCUT2D eigenvalue weighted by molar-refractivity contribution is 6.22. The number of ether oxygens (including phenoxy) is 1. The lowest BCUT2D eigenvalue weighted by Crippen LogP contribution is -2.47. The van der Waals surface area contributed by atoms with E-state index in [2.05, 4.69) is 0 Å². The Morgan fingerprint density at radius 2 is 1.84 bits per heavy atom. The fourth-order valence-corrected chi connectivity index (χ4v) is 3.53. The van der Waals surface area contributed by atoms with Gasteiger partial charge in [-0.2, -0.15) is 0 Å². The van der Waals surface area contributed by atoms with Crippen molar-refractivity contribution >= 4 is 23.4 Å². The highest BCUT2D eigenvalue weighted by Gasteiger charge is 2.43. The van der Waals surface area contributed by atoms with Crippen molar-refractivity contribution in [2.45, 2.75) is 32.2 Å². The zero-order valence-electron chi connectivity index (χ0n) is 14.3. The van der Waals surface area contributed by atoms with Gasteiger partial charge in [-0.05, 0) is 57.1 Å². The fourth-order valence-electron chi connectivity index (χ4n) is 3.53. The molecule has 0 unspecified atom stereocenters. The molecule has 2 N–H and O–H groups in total. The van der Waals surface area contributed by atoms with Gasteiger partial charge in [-0.1, -0.05) is 0 Å². The summed E-state index contributed by atoms with van der Waals surface area (Å²) in [6, 6.07) is 6.51. The SMILES string of the molecule is CCOc1ccc(N2C(=O)C[C@H](N3CCC(C(N)=O)CC3)C2=O)cc1. The molecule has 7 nitrogen and oxygen atoms in total. The molecular weight excluding hydrogens is 322 g/mol. The number of amides is 3. The van der Waals surface area contributed by atoms with Gasteiger partial charge in [0.25, 0.3) is 5.91 Å². The molecule has 1 aromatic carbocycles. The maximum atomic E-state index is 12.8. The summed E-state index contributed by atoms with van der Waals surface area (Å²) in [6.07, 6.45) is 1.44. The highest BCUT2D eigenvalue weighted by Crippen LogP contribution is 2.29. The third kappa shape index (κ3) is 3.51. The number of nitrogens with two attached hydrogens (primary N) is 1. The molecule has 25 heavy (non-hydrogen) atoms. The second kappa shape index (κ2) is 7.23. The summed E-state index contributed by atoms with van der Waals surface area (Å²) in [7, 11) is 0. The van der Waals surface area contributed by atoms with Crippen LogP contribution in [0.2, 0.25) is 0 Å². The average molecular weight is 345 g/mol. The van der Waals surface area contributed by atoms with Gasteiger partial charge >= 0.3 is 0 Å². The molecule has 3 rings (SSSR count). The van der Waals surface area contributed by atoms with Crippen LogP contribution in [0.15, 0.2) is 24.3 Å². The highest BCUT2D eigenvalue weighted by atomic mass is 16.5. The summed E-state index contributed by atoms with van der Waals surface area (Å²) in [5.74, 6) is -0.117. The van der Waals surface area contributed by atoms with Crippen LogP contribution in [0.5, 0.6) is 5.75 Å². The largest absolute Gasteiger partial charge is 0.494 e. The standard InChI is InChI=1S/C18H23N3O4/c1-2-25-14-5-3-13(4-6-14)21-16(22)11-15(18(21)24)20-9-7-12(8-10-20)17(19)23/h3-6,12,15H,2,7-11H2,1H3,(H2,19,23)/t15-/m0/s1. The van der Waals surface area contributed by atoms with Crippen LogP contribution in [0.1, 0.15) is 26.2 Å². The minimum Gasteiger partial charge on any atom is -0.494 e. The van der Waals surface area contributed by atoms with E-state index in [-0.39, 0.29) is 30.1 Å². The first-order valence-electron chi connectivity index (χ1n) is 8.64. The third-order valence-corrected chi connectivity index (χ3v) is 4.90. The molecule has 3 amide bonds. The predicted molar refractivity (Wildman–Crippen MR) is 92.0 cm³/mol. The Morgan fingerprint density at radius 3 is 2.40 bits per heavy atom. The predicted octanol–water partition coefficient (Wildman–Crippen LogP) is 0.914. The van der Waals surface area contributed by atoms with Gasteiger partial charge in [-0.15, -0.1) is 0 Å². The van der Waals surface area contributed by atoms with Crippen molar-refractivity contribution in [1.29, 1.82) is 0 Å². The van der Waals surface area contributed by atoms with Crippen molar-refractivity contribution in [2.24, 2.45) is 11.7 Å². The molecule has 1 aromatic rings. The number of hydrogen-bond donors (Lipinski definition) is 1. The maximum absolute atomic E-state index is 12.8. The van der Waals surface area contributed by atoms with E-state index in [1.807, 2.05) is 11.8 Å². The Bertz CT molecular complexity index is 665. The van der Waals surface area contributed by atoms with Gasteiger partial charge in [0.05, 0.1) is 24.8 Å². The van der Waals surface area contributed by atoms with Crippen molar-refractivity contribution in [3.05, 3.63) is 24.3 Å². The quantitative estimate of drug-likeness (QED) is 0.801. The van der Waals surface area contributed by atoms with Crippen molar-refractivity contribution in [3.8, 4) is 5.75 Å². The normalized spacial score (nSPS) is 22.4. The van der Waals surface area contributed by atoms with Crippen LogP contribution in [0.4, 0.5) is 5.69 Å². The van der Waals surface area contributed by atoms with Gasteiger partial charge in [0.1, 0.15) is 5.75 Å². The number of carbonyl (C=O) groups excluding carboxylic acids is 3. The first-order valence-corrected chi connectivity index (χ1v) is 8.64. The molecule has 0 bridgehead atoms. The van der Waals surface area contributed by atoms with Crippen molar-refractivity contribution in [1.82, 2.24) is 4.90 Å². The molecule has 0 aliphatic carbocycles. The zero-order chi connectivity index (χ0) is 18.0. The van der Waals surface area contributed by atoms with Crippen LogP contribution in [0.25, 0.3) is 0 Å². The van der Waals surface area contributed by atoms with Crippen LogP contribution in [-0.4, -0.2) is 48.4 Å². The summed E-state index contributed by atoms with van der Waals surface area (Å²) >= 11 is 0. The molecule has 0 aromatic heterocycles. The average Bonchev–Trinajstić information content (AvgIpc) is 2.91. The van der Waals surface area contributed by atoms with Crippen LogP contribution in [0.3, 0.4) is 0 Å². The Hall–Kier alpha value is -2.41. The van der Waals surface area contributed by atoms with Crippen LogP contribution in [-0.2, 0) is 14.4 Å². The van der Waals surface area contributed by atoms with Crippen LogP contribution in [0, 0.1) is 5.92 Å². The Morgan fingerprint density at radius 1 is 1.20 bits per heavy atom. The fraction of sp³-hybridized carbons (Fsp3) is 0.500. The summed E-state index contributed by atoms with van der Waals surface area (Å²) < 4.78 is 5.39. The molecule has 0 spiro atoms. The van der Waals surface area contributed by atoms with Gasteiger partial charge in [0.2, 0.25) is 11.8 Å². The number of rotatable bonds is 5. The van der Waals surface area contributed by atoms with Crippen molar-refractivity contribution in [3.63, 3.8) is 0 Å². The summed E-state index contributed by atoms with van der Waals surface area (Å²) in [6.45, 7) is 3.67. The van der Waals surface area contributed by atoms with E-state index in [0.717, 1.165) is 0 Å².